The molecule has 0 spiro atoms. The van der Waals surface area contributed by atoms with E-state index in [9.17, 15) is 0 Å². The summed E-state index contributed by atoms with van der Waals surface area (Å²) in [4.78, 5) is 1.22. The Kier molecular flexibility index (Phi) is 4.55. The number of hydrogen-bond donors (Lipinski definition) is 1. The minimum Gasteiger partial charge on any atom is -0.497 e. The summed E-state index contributed by atoms with van der Waals surface area (Å²) in [6.07, 6.45) is 0. The molecule has 0 saturated carbocycles. The standard InChI is InChI=1S/C14H14BrNOS/c1-17-12-7-10(6-11(16)8-12)9-18-14-5-3-2-4-13(14)15/h2-8H,9,16H2,1H3. The maximum Gasteiger partial charge on any atom is 0.121 e. The second kappa shape index (κ2) is 6.16. The molecule has 2 nitrogen and oxygen atoms in total. The predicted octanol–water partition coefficient (Wildman–Crippen LogP) is 4.33. The van der Waals surface area contributed by atoms with E-state index in [1.165, 1.54) is 4.90 Å². The molecule has 0 fully saturated rings. The summed E-state index contributed by atoms with van der Waals surface area (Å²) in [5, 5.41) is 0. The van der Waals surface area contributed by atoms with E-state index in [4.69, 9.17) is 10.5 Å². The van der Waals surface area contributed by atoms with Crippen LogP contribution >= 0.6 is 27.7 Å². The Hall–Kier alpha value is -1.13. The third kappa shape index (κ3) is 3.43. The molecule has 0 radical (unpaired) electrons. The minimum atomic E-state index is 0.733. The van der Waals surface area contributed by atoms with Crippen LogP contribution in [0.15, 0.2) is 51.8 Å². The van der Waals surface area contributed by atoms with E-state index in [2.05, 4.69) is 22.0 Å². The van der Waals surface area contributed by atoms with E-state index < -0.39 is 0 Å². The van der Waals surface area contributed by atoms with E-state index in [-0.39, 0.29) is 0 Å². The van der Waals surface area contributed by atoms with Gasteiger partial charge in [-0.1, -0.05) is 12.1 Å². The van der Waals surface area contributed by atoms with Crippen molar-refractivity contribution in [3.63, 3.8) is 0 Å². The lowest BCUT2D eigenvalue weighted by Crippen LogP contribution is -1.91. The molecule has 18 heavy (non-hydrogen) atoms. The molecule has 2 aromatic rings. The van der Waals surface area contributed by atoms with Crippen LogP contribution in [0.3, 0.4) is 0 Å². The molecule has 0 unspecified atom stereocenters. The second-order valence-electron chi connectivity index (χ2n) is 3.83. The third-order valence-electron chi connectivity index (χ3n) is 2.46. The highest BCUT2D eigenvalue weighted by molar-refractivity contribution is 9.10. The monoisotopic (exact) mass is 323 g/mol. The van der Waals surface area contributed by atoms with Crippen molar-refractivity contribution in [1.82, 2.24) is 0 Å². The highest BCUT2D eigenvalue weighted by Crippen LogP contribution is 2.31. The van der Waals surface area contributed by atoms with Gasteiger partial charge in [-0.15, -0.1) is 11.8 Å². The van der Waals surface area contributed by atoms with Crippen LogP contribution < -0.4 is 10.5 Å². The molecule has 0 aliphatic carbocycles. The molecule has 0 atom stereocenters. The zero-order valence-corrected chi connectivity index (χ0v) is 12.4. The van der Waals surface area contributed by atoms with Crippen LogP contribution in [0.1, 0.15) is 5.56 Å². The Balaban J connectivity index is 2.11. The lowest BCUT2D eigenvalue weighted by molar-refractivity contribution is 0.414. The molecule has 4 heteroatoms. The first-order valence-corrected chi connectivity index (χ1v) is 7.27. The predicted molar refractivity (Wildman–Crippen MR) is 81.1 cm³/mol. The largest absolute Gasteiger partial charge is 0.497 e. The topological polar surface area (TPSA) is 35.2 Å². The number of nitrogen functional groups attached to an aromatic ring is 1. The molecule has 0 heterocycles. The van der Waals surface area contributed by atoms with E-state index in [1.807, 2.05) is 36.4 Å². The molecule has 0 aliphatic heterocycles. The zero-order valence-electron chi connectivity index (χ0n) is 10.0. The number of methoxy groups -OCH3 is 1. The SMILES string of the molecule is COc1cc(N)cc(CSc2ccccc2Br)c1. The van der Waals surface area contributed by atoms with Crippen molar-refractivity contribution in [2.75, 3.05) is 12.8 Å². The summed E-state index contributed by atoms with van der Waals surface area (Å²) in [6.45, 7) is 0. The van der Waals surface area contributed by atoms with E-state index in [0.717, 1.165) is 27.2 Å². The summed E-state index contributed by atoms with van der Waals surface area (Å²) >= 11 is 5.31. The summed E-state index contributed by atoms with van der Waals surface area (Å²) in [6, 6.07) is 14.0. The van der Waals surface area contributed by atoms with Crippen LogP contribution in [-0.4, -0.2) is 7.11 Å². The van der Waals surface area contributed by atoms with Gasteiger partial charge in [0.25, 0.3) is 0 Å². The van der Waals surface area contributed by atoms with Gasteiger partial charge < -0.3 is 10.5 Å². The van der Waals surface area contributed by atoms with Gasteiger partial charge in [0.15, 0.2) is 0 Å². The molecule has 0 aliphatic rings. The first-order chi connectivity index (χ1) is 8.69. The van der Waals surface area contributed by atoms with Crippen molar-refractivity contribution in [1.29, 1.82) is 0 Å². The van der Waals surface area contributed by atoms with E-state index in [1.54, 1.807) is 18.9 Å². The van der Waals surface area contributed by atoms with Crippen molar-refractivity contribution in [3.05, 3.63) is 52.5 Å². The molecular weight excluding hydrogens is 310 g/mol. The lowest BCUT2D eigenvalue weighted by atomic mass is 10.2. The quantitative estimate of drug-likeness (QED) is 0.671. The fourth-order valence-corrected chi connectivity index (χ4v) is 3.11. The molecule has 94 valence electrons. The summed E-state index contributed by atoms with van der Waals surface area (Å²) in [5.74, 6) is 1.67. The molecule has 0 saturated heterocycles. The number of hydrogen-bond acceptors (Lipinski definition) is 3. The highest BCUT2D eigenvalue weighted by Gasteiger charge is 2.03. The molecule has 2 N–H and O–H groups in total. The molecular formula is C14H14BrNOS. The van der Waals surface area contributed by atoms with Gasteiger partial charge in [0, 0.05) is 26.9 Å². The Morgan fingerprint density at radius 1 is 1.22 bits per heavy atom. The average Bonchev–Trinajstić information content (AvgIpc) is 2.37. The van der Waals surface area contributed by atoms with E-state index in [0.29, 0.717) is 0 Å². The highest BCUT2D eigenvalue weighted by atomic mass is 79.9. The second-order valence-corrected chi connectivity index (χ2v) is 5.71. The first kappa shape index (κ1) is 13.3. The number of halogens is 1. The fraction of sp³-hybridized carbons (Fsp3) is 0.143. The molecule has 0 bridgehead atoms. The van der Waals surface area contributed by atoms with Gasteiger partial charge in [0.05, 0.1) is 7.11 Å². The van der Waals surface area contributed by atoms with E-state index >= 15 is 0 Å². The smallest absolute Gasteiger partial charge is 0.121 e. The molecule has 0 amide bonds. The lowest BCUT2D eigenvalue weighted by Gasteiger charge is -2.07. The maximum absolute atomic E-state index is 5.84. The number of thioether (sulfide) groups is 1. The summed E-state index contributed by atoms with van der Waals surface area (Å²) in [7, 11) is 1.65. The van der Waals surface area contributed by atoms with Crippen LogP contribution in [0.25, 0.3) is 0 Å². The molecule has 2 rings (SSSR count). The van der Waals surface area contributed by atoms with Crippen LogP contribution in [0.4, 0.5) is 5.69 Å². The van der Waals surface area contributed by atoms with Crippen LogP contribution in [0.2, 0.25) is 0 Å². The Labute approximate surface area is 120 Å². The Morgan fingerprint density at radius 3 is 2.72 bits per heavy atom. The molecule has 0 aromatic heterocycles. The zero-order chi connectivity index (χ0) is 13.0. The third-order valence-corrected chi connectivity index (χ3v) is 4.55. The van der Waals surface area contributed by atoms with Gasteiger partial charge in [-0.2, -0.15) is 0 Å². The van der Waals surface area contributed by atoms with Crippen molar-refractivity contribution < 1.29 is 4.74 Å². The summed E-state index contributed by atoms with van der Waals surface area (Å²) < 4.78 is 6.33. The van der Waals surface area contributed by atoms with Gasteiger partial charge >= 0.3 is 0 Å². The number of rotatable bonds is 4. The van der Waals surface area contributed by atoms with Gasteiger partial charge in [-0.25, -0.2) is 0 Å². The average molecular weight is 324 g/mol. The fourth-order valence-electron chi connectivity index (χ4n) is 1.61. The van der Waals surface area contributed by atoms with Gasteiger partial charge in [0.2, 0.25) is 0 Å². The van der Waals surface area contributed by atoms with Crippen molar-refractivity contribution in [3.8, 4) is 5.75 Å². The van der Waals surface area contributed by atoms with Gasteiger partial charge in [0.1, 0.15) is 5.75 Å². The Morgan fingerprint density at radius 2 is 2.00 bits per heavy atom. The number of anilines is 1. The number of benzene rings is 2. The molecule has 2 aromatic carbocycles. The normalized spacial score (nSPS) is 10.3. The maximum atomic E-state index is 5.84. The van der Waals surface area contributed by atoms with Crippen LogP contribution in [0, 0.1) is 0 Å². The van der Waals surface area contributed by atoms with Crippen molar-refractivity contribution in [2.24, 2.45) is 0 Å². The van der Waals surface area contributed by atoms with Crippen LogP contribution in [0.5, 0.6) is 5.75 Å². The number of nitrogens with two attached hydrogens (primary N) is 1. The van der Waals surface area contributed by atoms with Crippen molar-refractivity contribution in [2.45, 2.75) is 10.6 Å². The van der Waals surface area contributed by atoms with Gasteiger partial charge in [-0.3, -0.25) is 0 Å². The van der Waals surface area contributed by atoms with Gasteiger partial charge in [-0.05, 0) is 45.8 Å². The number of ether oxygens (including phenoxy) is 1. The van der Waals surface area contributed by atoms with Crippen LogP contribution in [-0.2, 0) is 5.75 Å². The van der Waals surface area contributed by atoms with Crippen molar-refractivity contribution >= 4 is 33.4 Å². The summed E-state index contributed by atoms with van der Waals surface area (Å²) in [5.41, 5.74) is 7.73. The Bertz CT molecular complexity index is 545. The minimum absolute atomic E-state index is 0.733. The first-order valence-electron chi connectivity index (χ1n) is 5.50.